The van der Waals surface area contributed by atoms with Crippen molar-refractivity contribution in [2.45, 2.75) is 48.5 Å². The van der Waals surface area contributed by atoms with Crippen LogP contribution in [-0.2, 0) is 0 Å². The zero-order valence-electron chi connectivity index (χ0n) is 15.8. The topological polar surface area (TPSA) is 29.5 Å². The Bertz CT molecular complexity index is 879. The van der Waals surface area contributed by atoms with Crippen molar-refractivity contribution in [1.82, 2.24) is 0 Å². The summed E-state index contributed by atoms with van der Waals surface area (Å²) >= 11 is 1.75. The summed E-state index contributed by atoms with van der Waals surface area (Å²) in [4.78, 5) is 2.41. The van der Waals surface area contributed by atoms with E-state index in [1.165, 1.54) is 26.1 Å². The maximum Gasteiger partial charge on any atom is 0.118 e. The van der Waals surface area contributed by atoms with Gasteiger partial charge in [-0.25, -0.2) is 0 Å². The van der Waals surface area contributed by atoms with E-state index in [9.17, 15) is 5.11 Å². The molecular weight excluding hydrogens is 340 g/mol. The summed E-state index contributed by atoms with van der Waals surface area (Å²) in [6.07, 6.45) is 0.749. The van der Waals surface area contributed by atoms with Crippen LogP contribution in [-0.4, -0.2) is 17.8 Å². The molecule has 2 nitrogen and oxygen atoms in total. The fourth-order valence-electron chi connectivity index (χ4n) is 3.26. The number of benzene rings is 3. The summed E-state index contributed by atoms with van der Waals surface area (Å²) in [6.45, 7) is 5.91. The van der Waals surface area contributed by atoms with Crippen LogP contribution in [0.15, 0.2) is 70.5 Å². The Balaban J connectivity index is 1.84. The molecule has 0 aliphatic rings. The third-order valence-electron chi connectivity index (χ3n) is 4.51. The highest BCUT2D eigenvalue weighted by Crippen LogP contribution is 2.33. The molecule has 3 rings (SSSR count). The molecule has 0 heterocycles. The molecule has 3 aromatic carbocycles. The quantitative estimate of drug-likeness (QED) is 0.558. The summed E-state index contributed by atoms with van der Waals surface area (Å²) in [5.74, 6) is 1.19. The molecule has 1 atom stereocenters. The maximum atomic E-state index is 10.1. The Hall–Kier alpha value is -1.97. The van der Waals surface area contributed by atoms with Gasteiger partial charge in [-0.05, 0) is 78.9 Å². The first-order chi connectivity index (χ1) is 12.3. The molecule has 0 aromatic heterocycles. The summed E-state index contributed by atoms with van der Waals surface area (Å²) in [5.41, 5.74) is 0.617. The molecule has 0 radical (unpaired) electrons. The predicted octanol–water partition coefficient (Wildman–Crippen LogP) is 6.26. The number of rotatable bonds is 6. The molecule has 0 saturated heterocycles. The van der Waals surface area contributed by atoms with E-state index < -0.39 is 5.60 Å². The Morgan fingerprint density at radius 1 is 0.923 bits per heavy atom. The molecule has 3 aromatic rings. The first kappa shape index (κ1) is 18.8. The highest BCUT2D eigenvalue weighted by atomic mass is 32.2. The van der Waals surface area contributed by atoms with E-state index in [4.69, 9.17) is 4.74 Å². The minimum absolute atomic E-state index is 0.317. The van der Waals surface area contributed by atoms with Crippen molar-refractivity contribution in [3.63, 3.8) is 0 Å². The van der Waals surface area contributed by atoms with Crippen LogP contribution in [0, 0.1) is 0 Å². The molecule has 26 heavy (non-hydrogen) atoms. The van der Waals surface area contributed by atoms with Gasteiger partial charge in [-0.15, -0.1) is 0 Å². The van der Waals surface area contributed by atoms with Crippen LogP contribution in [0.25, 0.3) is 10.8 Å². The van der Waals surface area contributed by atoms with Crippen molar-refractivity contribution < 1.29 is 9.84 Å². The number of methoxy groups -OCH3 is 1. The Labute approximate surface area is 160 Å². The first-order valence-electron chi connectivity index (χ1n) is 8.92. The van der Waals surface area contributed by atoms with Crippen LogP contribution >= 0.6 is 11.8 Å². The predicted molar refractivity (Wildman–Crippen MR) is 110 cm³/mol. The van der Waals surface area contributed by atoms with E-state index in [0.717, 1.165) is 12.2 Å². The van der Waals surface area contributed by atoms with Crippen molar-refractivity contribution in [3.8, 4) is 5.75 Å². The summed E-state index contributed by atoms with van der Waals surface area (Å²) < 4.78 is 5.22. The zero-order valence-corrected chi connectivity index (χ0v) is 16.6. The van der Waals surface area contributed by atoms with E-state index in [2.05, 4.69) is 55.5 Å². The lowest BCUT2D eigenvalue weighted by molar-refractivity contribution is 0.0647. The first-order valence-corrected chi connectivity index (χ1v) is 9.74. The van der Waals surface area contributed by atoms with Crippen molar-refractivity contribution in [3.05, 3.63) is 66.2 Å². The molecule has 1 N–H and O–H groups in total. The van der Waals surface area contributed by atoms with E-state index in [1.54, 1.807) is 18.9 Å². The van der Waals surface area contributed by atoms with Crippen LogP contribution in [0.1, 0.15) is 38.7 Å². The van der Waals surface area contributed by atoms with Crippen LogP contribution < -0.4 is 4.74 Å². The molecular formula is C23H26O2S. The highest BCUT2D eigenvalue weighted by molar-refractivity contribution is 7.99. The third kappa shape index (κ3) is 4.80. The smallest absolute Gasteiger partial charge is 0.118 e. The molecule has 0 amide bonds. The summed E-state index contributed by atoms with van der Waals surface area (Å²) in [5, 5.41) is 12.6. The zero-order chi connectivity index (χ0) is 18.7. The Kier molecular flexibility index (Phi) is 5.59. The van der Waals surface area contributed by atoms with Gasteiger partial charge in [-0.2, -0.15) is 0 Å². The molecule has 0 spiro atoms. The van der Waals surface area contributed by atoms with Gasteiger partial charge in [0.15, 0.2) is 0 Å². The second kappa shape index (κ2) is 7.73. The monoisotopic (exact) mass is 366 g/mol. The van der Waals surface area contributed by atoms with Gasteiger partial charge >= 0.3 is 0 Å². The molecule has 1 unspecified atom stereocenters. The molecule has 0 bridgehead atoms. The van der Waals surface area contributed by atoms with Crippen LogP contribution in [0.2, 0.25) is 0 Å². The fourth-order valence-corrected chi connectivity index (χ4v) is 4.13. The molecule has 0 saturated carbocycles. The average molecular weight is 367 g/mol. The normalized spacial score (nSPS) is 13.0. The van der Waals surface area contributed by atoms with E-state index in [-0.39, 0.29) is 0 Å². The third-order valence-corrected chi connectivity index (χ3v) is 5.50. The van der Waals surface area contributed by atoms with Crippen molar-refractivity contribution in [2.75, 3.05) is 7.11 Å². The summed E-state index contributed by atoms with van der Waals surface area (Å²) in [6, 6.07) is 21.3. The molecule has 0 aliphatic heterocycles. The van der Waals surface area contributed by atoms with Gasteiger partial charge in [-0.3, -0.25) is 0 Å². The van der Waals surface area contributed by atoms with Gasteiger partial charge in [0.25, 0.3) is 0 Å². The van der Waals surface area contributed by atoms with Gasteiger partial charge in [0, 0.05) is 9.79 Å². The number of aliphatic hydroxyl groups is 1. The highest BCUT2D eigenvalue weighted by Gasteiger charge is 2.18. The Morgan fingerprint density at radius 3 is 2.23 bits per heavy atom. The van der Waals surface area contributed by atoms with Crippen molar-refractivity contribution in [2.24, 2.45) is 0 Å². The van der Waals surface area contributed by atoms with Gasteiger partial charge in [0.2, 0.25) is 0 Å². The van der Waals surface area contributed by atoms with Gasteiger partial charge in [0.05, 0.1) is 12.7 Å². The van der Waals surface area contributed by atoms with Crippen molar-refractivity contribution in [1.29, 1.82) is 0 Å². The second-order valence-corrected chi connectivity index (χ2v) is 8.61. The molecule has 0 aliphatic carbocycles. The lowest BCUT2D eigenvalue weighted by atomic mass is 9.88. The molecule has 3 heteroatoms. The largest absolute Gasteiger partial charge is 0.497 e. The molecule has 0 fully saturated rings. The van der Waals surface area contributed by atoms with Gasteiger partial charge in [0.1, 0.15) is 5.75 Å². The number of fused-ring (bicyclic) bond motifs is 1. The van der Waals surface area contributed by atoms with Crippen LogP contribution in [0.4, 0.5) is 0 Å². The number of hydrogen-bond acceptors (Lipinski definition) is 3. The average Bonchev–Trinajstić information content (AvgIpc) is 2.60. The maximum absolute atomic E-state index is 10.1. The summed E-state index contributed by atoms with van der Waals surface area (Å²) in [7, 11) is 1.68. The van der Waals surface area contributed by atoms with Crippen molar-refractivity contribution >= 4 is 22.5 Å². The van der Waals surface area contributed by atoms with Crippen LogP contribution in [0.5, 0.6) is 5.75 Å². The fraction of sp³-hybridized carbons (Fsp3) is 0.304. The number of ether oxygens (including phenoxy) is 1. The van der Waals surface area contributed by atoms with Crippen LogP contribution in [0.3, 0.4) is 0 Å². The molecule has 136 valence electrons. The van der Waals surface area contributed by atoms with E-state index in [1.807, 2.05) is 26.0 Å². The lowest BCUT2D eigenvalue weighted by Crippen LogP contribution is -2.21. The van der Waals surface area contributed by atoms with Gasteiger partial charge < -0.3 is 9.84 Å². The number of hydrogen-bond donors (Lipinski definition) is 1. The minimum atomic E-state index is -0.652. The second-order valence-electron chi connectivity index (χ2n) is 7.46. The standard InChI is InChI=1S/C23H26O2S/c1-16(15-23(2,3)24)18-6-5-17-7-10-22(14-19(17)13-18)26-21-11-8-20(25-4)9-12-21/h5-14,16,24H,15H2,1-4H3. The SMILES string of the molecule is COc1ccc(Sc2ccc3ccc(C(C)CC(C)(C)O)cc3c2)cc1. The van der Waals surface area contributed by atoms with E-state index in [0.29, 0.717) is 5.92 Å². The Morgan fingerprint density at radius 2 is 1.58 bits per heavy atom. The van der Waals surface area contributed by atoms with E-state index >= 15 is 0 Å². The lowest BCUT2D eigenvalue weighted by Gasteiger charge is -2.22. The minimum Gasteiger partial charge on any atom is -0.497 e. The van der Waals surface area contributed by atoms with Gasteiger partial charge in [-0.1, -0.05) is 43.0 Å².